The SMILES string of the molecule is CCCCC[C@H](C)NC(=O)c1ccc(Cl)c([N+](=O)[O-])c1. The highest BCUT2D eigenvalue weighted by Gasteiger charge is 2.17. The number of nitrogens with one attached hydrogen (secondary N) is 1. The summed E-state index contributed by atoms with van der Waals surface area (Å²) >= 11 is 5.71. The molecule has 5 nitrogen and oxygen atoms in total. The first-order chi connectivity index (χ1) is 9.45. The number of hydrogen-bond acceptors (Lipinski definition) is 3. The van der Waals surface area contributed by atoms with Crippen LogP contribution in [-0.4, -0.2) is 16.9 Å². The molecule has 0 saturated carbocycles. The molecule has 0 bridgehead atoms. The Hall–Kier alpha value is -1.62. The lowest BCUT2D eigenvalue weighted by Gasteiger charge is -2.13. The minimum atomic E-state index is -0.593. The van der Waals surface area contributed by atoms with Crippen LogP contribution in [0.2, 0.25) is 5.02 Å². The van der Waals surface area contributed by atoms with Gasteiger partial charge < -0.3 is 5.32 Å². The molecule has 0 aliphatic rings. The van der Waals surface area contributed by atoms with E-state index in [1.165, 1.54) is 18.2 Å². The Morgan fingerprint density at radius 2 is 2.15 bits per heavy atom. The van der Waals surface area contributed by atoms with E-state index in [9.17, 15) is 14.9 Å². The summed E-state index contributed by atoms with van der Waals surface area (Å²) in [5.41, 5.74) is 0.00129. The number of hydrogen-bond donors (Lipinski definition) is 1. The van der Waals surface area contributed by atoms with Gasteiger partial charge in [-0.15, -0.1) is 0 Å². The van der Waals surface area contributed by atoms with Crippen LogP contribution in [0.1, 0.15) is 49.9 Å². The normalized spacial score (nSPS) is 11.9. The van der Waals surface area contributed by atoms with E-state index in [4.69, 9.17) is 11.6 Å². The van der Waals surface area contributed by atoms with Crippen molar-refractivity contribution in [3.8, 4) is 0 Å². The molecule has 1 aromatic carbocycles. The second-order valence-electron chi connectivity index (χ2n) is 4.79. The number of carbonyl (C=O) groups is 1. The molecule has 0 aromatic heterocycles. The Morgan fingerprint density at radius 3 is 2.75 bits per heavy atom. The molecular weight excluding hydrogens is 280 g/mol. The van der Waals surface area contributed by atoms with Crippen molar-refractivity contribution < 1.29 is 9.72 Å². The van der Waals surface area contributed by atoms with Crippen LogP contribution in [0.3, 0.4) is 0 Å². The van der Waals surface area contributed by atoms with Gasteiger partial charge in [0.1, 0.15) is 5.02 Å². The highest BCUT2D eigenvalue weighted by Crippen LogP contribution is 2.25. The maximum atomic E-state index is 12.0. The second-order valence-corrected chi connectivity index (χ2v) is 5.20. The monoisotopic (exact) mass is 298 g/mol. The van der Waals surface area contributed by atoms with Gasteiger partial charge in [-0.25, -0.2) is 0 Å². The number of amides is 1. The quantitative estimate of drug-likeness (QED) is 0.470. The van der Waals surface area contributed by atoms with Crippen molar-refractivity contribution in [3.05, 3.63) is 38.9 Å². The number of unbranched alkanes of at least 4 members (excludes halogenated alkanes) is 2. The first kappa shape index (κ1) is 16.4. The maximum Gasteiger partial charge on any atom is 0.288 e. The van der Waals surface area contributed by atoms with Crippen molar-refractivity contribution in [2.24, 2.45) is 0 Å². The Balaban J connectivity index is 2.68. The maximum absolute atomic E-state index is 12.0. The zero-order valence-electron chi connectivity index (χ0n) is 11.7. The van der Waals surface area contributed by atoms with Crippen molar-refractivity contribution in [2.45, 2.75) is 45.6 Å². The lowest BCUT2D eigenvalue weighted by molar-refractivity contribution is -0.384. The zero-order valence-corrected chi connectivity index (χ0v) is 12.4. The molecule has 0 heterocycles. The minimum Gasteiger partial charge on any atom is -0.350 e. The van der Waals surface area contributed by atoms with E-state index in [-0.39, 0.29) is 28.2 Å². The van der Waals surface area contributed by atoms with Crippen LogP contribution in [0.25, 0.3) is 0 Å². The molecule has 110 valence electrons. The number of carbonyl (C=O) groups excluding carboxylic acids is 1. The van der Waals surface area contributed by atoms with Crippen molar-refractivity contribution in [2.75, 3.05) is 0 Å². The summed E-state index contributed by atoms with van der Waals surface area (Å²) in [6, 6.07) is 4.11. The summed E-state index contributed by atoms with van der Waals surface area (Å²) in [6.07, 6.45) is 4.21. The van der Waals surface area contributed by atoms with Gasteiger partial charge in [-0.3, -0.25) is 14.9 Å². The molecular formula is C14H19ClN2O3. The fourth-order valence-corrected chi connectivity index (χ4v) is 2.06. The summed E-state index contributed by atoms with van der Waals surface area (Å²) in [5.74, 6) is -0.311. The van der Waals surface area contributed by atoms with Crippen LogP contribution in [-0.2, 0) is 0 Å². The van der Waals surface area contributed by atoms with Gasteiger partial charge in [-0.05, 0) is 25.5 Å². The van der Waals surface area contributed by atoms with Crippen molar-refractivity contribution >= 4 is 23.2 Å². The first-order valence-electron chi connectivity index (χ1n) is 6.70. The fraction of sp³-hybridized carbons (Fsp3) is 0.500. The van der Waals surface area contributed by atoms with Crippen LogP contribution >= 0.6 is 11.6 Å². The average Bonchev–Trinajstić information content (AvgIpc) is 2.39. The third-order valence-electron chi connectivity index (χ3n) is 3.02. The van der Waals surface area contributed by atoms with Crippen LogP contribution in [0, 0.1) is 10.1 Å². The summed E-state index contributed by atoms with van der Waals surface area (Å²) in [4.78, 5) is 22.2. The van der Waals surface area contributed by atoms with E-state index in [1.54, 1.807) is 0 Å². The number of rotatable bonds is 7. The third-order valence-corrected chi connectivity index (χ3v) is 3.34. The Labute approximate surface area is 123 Å². The number of benzene rings is 1. The van der Waals surface area contributed by atoms with E-state index >= 15 is 0 Å². The van der Waals surface area contributed by atoms with Gasteiger partial charge in [0.05, 0.1) is 4.92 Å². The summed E-state index contributed by atoms with van der Waals surface area (Å²) in [7, 11) is 0. The number of nitro benzene ring substituents is 1. The van der Waals surface area contributed by atoms with Gasteiger partial charge in [0.25, 0.3) is 11.6 Å². The molecule has 1 amide bonds. The Bertz CT molecular complexity index is 491. The Kier molecular flexibility index (Phi) is 6.45. The predicted octanol–water partition coefficient (Wildman–Crippen LogP) is 3.95. The molecule has 0 fully saturated rings. The van der Waals surface area contributed by atoms with Crippen LogP contribution in [0.5, 0.6) is 0 Å². The lowest BCUT2D eigenvalue weighted by atomic mass is 10.1. The molecule has 0 aliphatic carbocycles. The molecule has 20 heavy (non-hydrogen) atoms. The van der Waals surface area contributed by atoms with E-state index in [2.05, 4.69) is 12.2 Å². The van der Waals surface area contributed by atoms with Gasteiger partial charge in [-0.1, -0.05) is 37.8 Å². The minimum absolute atomic E-state index is 0.0301. The van der Waals surface area contributed by atoms with E-state index in [0.717, 1.165) is 25.7 Å². The molecule has 1 rings (SSSR count). The first-order valence-corrected chi connectivity index (χ1v) is 7.08. The molecule has 1 aromatic rings. The van der Waals surface area contributed by atoms with Gasteiger partial charge in [0, 0.05) is 17.7 Å². The predicted molar refractivity (Wildman–Crippen MR) is 79.2 cm³/mol. The lowest BCUT2D eigenvalue weighted by Crippen LogP contribution is -2.32. The molecule has 1 N–H and O–H groups in total. The van der Waals surface area contributed by atoms with Crippen molar-refractivity contribution in [3.63, 3.8) is 0 Å². The van der Waals surface area contributed by atoms with Gasteiger partial charge in [0.2, 0.25) is 0 Å². The standard InChI is InChI=1S/C14H19ClN2O3/c1-3-4-5-6-10(2)16-14(18)11-7-8-12(15)13(9-11)17(19)20/h7-10H,3-6H2,1-2H3,(H,16,18)/t10-/m0/s1. The molecule has 0 saturated heterocycles. The summed E-state index contributed by atoms with van der Waals surface area (Å²) in [6.45, 7) is 4.05. The number of nitrogens with zero attached hydrogens (tertiary/aromatic N) is 1. The van der Waals surface area contributed by atoms with Crippen molar-refractivity contribution in [1.29, 1.82) is 0 Å². The average molecular weight is 299 g/mol. The van der Waals surface area contributed by atoms with Gasteiger partial charge >= 0.3 is 0 Å². The van der Waals surface area contributed by atoms with Gasteiger partial charge in [-0.2, -0.15) is 0 Å². The third kappa shape index (κ3) is 4.81. The van der Waals surface area contributed by atoms with E-state index in [1.807, 2.05) is 6.92 Å². The van der Waals surface area contributed by atoms with Gasteiger partial charge in [0.15, 0.2) is 0 Å². The molecule has 0 aliphatic heterocycles. The number of nitro groups is 1. The van der Waals surface area contributed by atoms with E-state index < -0.39 is 4.92 Å². The summed E-state index contributed by atoms with van der Waals surface area (Å²) < 4.78 is 0. The van der Waals surface area contributed by atoms with Crippen molar-refractivity contribution in [1.82, 2.24) is 5.32 Å². The van der Waals surface area contributed by atoms with Crippen LogP contribution < -0.4 is 5.32 Å². The highest BCUT2D eigenvalue weighted by atomic mass is 35.5. The largest absolute Gasteiger partial charge is 0.350 e. The molecule has 6 heteroatoms. The number of halogens is 1. The topological polar surface area (TPSA) is 72.2 Å². The molecule has 0 radical (unpaired) electrons. The second kappa shape index (κ2) is 7.85. The zero-order chi connectivity index (χ0) is 15.1. The summed E-state index contributed by atoms with van der Waals surface area (Å²) in [5, 5.41) is 13.6. The Morgan fingerprint density at radius 1 is 1.45 bits per heavy atom. The van der Waals surface area contributed by atoms with E-state index in [0.29, 0.717) is 0 Å². The fourth-order valence-electron chi connectivity index (χ4n) is 1.87. The van der Waals surface area contributed by atoms with Crippen LogP contribution in [0.15, 0.2) is 18.2 Å². The smallest absolute Gasteiger partial charge is 0.288 e. The molecule has 1 atom stereocenters. The highest BCUT2D eigenvalue weighted by molar-refractivity contribution is 6.32. The molecule has 0 unspecified atom stereocenters. The van der Waals surface area contributed by atoms with Crippen LogP contribution in [0.4, 0.5) is 5.69 Å². The molecule has 0 spiro atoms.